The quantitative estimate of drug-likeness (QED) is 0.360. The fraction of sp³-hybridized carbons (Fsp3) is 0.897. The zero-order chi connectivity index (χ0) is 22.3. The van der Waals surface area contributed by atoms with Crippen molar-refractivity contribution in [2.24, 2.45) is 39.9 Å². The van der Waals surface area contributed by atoms with Gasteiger partial charge in [0.2, 0.25) is 0 Å². The molecule has 5 aliphatic carbocycles. The molecule has 0 spiro atoms. The van der Waals surface area contributed by atoms with Crippen molar-refractivity contribution in [2.45, 2.75) is 124 Å². The Hall–Kier alpha value is -0.810. The third-order valence-corrected chi connectivity index (χ3v) is 10.7. The van der Waals surface area contributed by atoms with Crippen molar-refractivity contribution in [3.8, 4) is 6.07 Å². The molecule has 4 saturated carbocycles. The van der Waals surface area contributed by atoms with Crippen LogP contribution in [-0.4, -0.2) is 11.2 Å². The third-order valence-electron chi connectivity index (χ3n) is 10.7. The fourth-order valence-corrected chi connectivity index (χ4v) is 8.50. The summed E-state index contributed by atoms with van der Waals surface area (Å²) in [4.78, 5) is 0. The lowest BCUT2D eigenvalue weighted by Crippen LogP contribution is -2.48. The Kier molecular flexibility index (Phi) is 6.67. The van der Waals surface area contributed by atoms with E-state index in [4.69, 9.17) is 0 Å². The number of fused-ring (bicyclic) bond motifs is 5. The fourth-order valence-electron chi connectivity index (χ4n) is 8.50. The SMILES string of the molecule is CC.CC12CCC(O)CC1CCC1C2=CCC2(C)C(CCCCC3(C#N)CC3)CCC12. The summed E-state index contributed by atoms with van der Waals surface area (Å²) in [6.07, 6.45) is 20.2. The van der Waals surface area contributed by atoms with Gasteiger partial charge in [0.15, 0.2) is 0 Å². The van der Waals surface area contributed by atoms with Gasteiger partial charge in [0.25, 0.3) is 0 Å². The zero-order valence-electron chi connectivity index (χ0n) is 20.8. The number of rotatable bonds is 5. The second-order valence-corrected chi connectivity index (χ2v) is 12.1. The van der Waals surface area contributed by atoms with Crippen LogP contribution in [-0.2, 0) is 0 Å². The second kappa shape index (κ2) is 8.85. The van der Waals surface area contributed by atoms with Gasteiger partial charge in [-0.05, 0) is 112 Å². The van der Waals surface area contributed by atoms with Gasteiger partial charge in [-0.2, -0.15) is 5.26 Å². The molecule has 1 N–H and O–H groups in total. The maximum Gasteiger partial charge on any atom is 0.0689 e. The number of aliphatic hydroxyl groups excluding tert-OH is 1. The number of hydrogen-bond donors (Lipinski definition) is 1. The minimum Gasteiger partial charge on any atom is -0.393 e. The molecule has 31 heavy (non-hydrogen) atoms. The van der Waals surface area contributed by atoms with E-state index in [1.807, 2.05) is 19.4 Å². The number of nitriles is 1. The van der Waals surface area contributed by atoms with Gasteiger partial charge in [-0.1, -0.05) is 52.2 Å². The second-order valence-electron chi connectivity index (χ2n) is 12.1. The molecule has 7 unspecified atom stereocenters. The molecule has 0 heterocycles. The van der Waals surface area contributed by atoms with Crippen molar-refractivity contribution in [2.75, 3.05) is 0 Å². The van der Waals surface area contributed by atoms with Crippen molar-refractivity contribution in [3.05, 3.63) is 11.6 Å². The molecular formula is C29H47NO. The summed E-state index contributed by atoms with van der Waals surface area (Å²) in [6, 6.07) is 2.57. The molecule has 7 atom stereocenters. The molecule has 0 aromatic carbocycles. The van der Waals surface area contributed by atoms with Crippen LogP contribution in [0.4, 0.5) is 0 Å². The van der Waals surface area contributed by atoms with Gasteiger partial charge in [-0.15, -0.1) is 0 Å². The maximum absolute atomic E-state index is 10.2. The van der Waals surface area contributed by atoms with E-state index in [-0.39, 0.29) is 11.5 Å². The summed E-state index contributed by atoms with van der Waals surface area (Å²) in [7, 11) is 0. The van der Waals surface area contributed by atoms with Gasteiger partial charge in [-0.25, -0.2) is 0 Å². The summed E-state index contributed by atoms with van der Waals surface area (Å²) < 4.78 is 0. The summed E-state index contributed by atoms with van der Waals surface area (Å²) >= 11 is 0. The van der Waals surface area contributed by atoms with Gasteiger partial charge in [0.1, 0.15) is 0 Å². The monoisotopic (exact) mass is 425 g/mol. The van der Waals surface area contributed by atoms with Crippen molar-refractivity contribution >= 4 is 0 Å². The average molecular weight is 426 g/mol. The molecule has 2 nitrogen and oxygen atoms in total. The molecule has 0 aromatic heterocycles. The normalized spacial score (nSPS) is 44.5. The van der Waals surface area contributed by atoms with E-state index in [9.17, 15) is 10.4 Å². The Morgan fingerprint density at radius 3 is 2.52 bits per heavy atom. The van der Waals surface area contributed by atoms with E-state index in [0.29, 0.717) is 16.7 Å². The van der Waals surface area contributed by atoms with E-state index in [1.54, 1.807) is 0 Å². The molecule has 0 radical (unpaired) electrons. The lowest BCUT2D eigenvalue weighted by atomic mass is 9.48. The van der Waals surface area contributed by atoms with E-state index >= 15 is 0 Å². The topological polar surface area (TPSA) is 44.0 Å². The summed E-state index contributed by atoms with van der Waals surface area (Å²) in [6.45, 7) is 9.17. The lowest BCUT2D eigenvalue weighted by molar-refractivity contribution is -0.0126. The van der Waals surface area contributed by atoms with Crippen LogP contribution in [0, 0.1) is 51.2 Å². The number of hydrogen-bond acceptors (Lipinski definition) is 2. The maximum atomic E-state index is 10.2. The minimum atomic E-state index is -0.0502. The number of nitrogens with zero attached hydrogens (tertiary/aromatic N) is 1. The predicted octanol–water partition coefficient (Wildman–Crippen LogP) is 7.82. The first-order valence-electron chi connectivity index (χ1n) is 13.7. The Bertz CT molecular complexity index is 715. The zero-order valence-corrected chi connectivity index (χ0v) is 20.8. The van der Waals surface area contributed by atoms with Gasteiger partial charge in [0, 0.05) is 0 Å². The molecule has 0 amide bonds. The first-order chi connectivity index (χ1) is 14.9. The highest BCUT2D eigenvalue weighted by Crippen LogP contribution is 2.66. The van der Waals surface area contributed by atoms with Crippen LogP contribution in [0.5, 0.6) is 0 Å². The van der Waals surface area contributed by atoms with Gasteiger partial charge in [-0.3, -0.25) is 0 Å². The van der Waals surface area contributed by atoms with Gasteiger partial charge >= 0.3 is 0 Å². The molecule has 174 valence electrons. The number of unbranched alkanes of at least 4 members (excludes halogenated alkanes) is 1. The molecule has 5 aliphatic rings. The average Bonchev–Trinajstić information content (AvgIpc) is 3.48. The van der Waals surface area contributed by atoms with Gasteiger partial charge in [0.05, 0.1) is 17.6 Å². The van der Waals surface area contributed by atoms with Crippen molar-refractivity contribution in [1.82, 2.24) is 0 Å². The summed E-state index contributed by atoms with van der Waals surface area (Å²) in [5.74, 6) is 3.32. The van der Waals surface area contributed by atoms with E-state index in [0.717, 1.165) is 49.9 Å². The van der Waals surface area contributed by atoms with E-state index in [1.165, 1.54) is 57.8 Å². The highest BCUT2D eigenvalue weighted by atomic mass is 16.3. The Balaban J connectivity index is 0.00000112. The van der Waals surface area contributed by atoms with Crippen molar-refractivity contribution in [3.63, 3.8) is 0 Å². The Morgan fingerprint density at radius 2 is 1.81 bits per heavy atom. The summed E-state index contributed by atoms with van der Waals surface area (Å²) in [5, 5.41) is 19.5. The van der Waals surface area contributed by atoms with Crippen LogP contribution in [0.1, 0.15) is 118 Å². The molecular weight excluding hydrogens is 378 g/mol. The minimum absolute atomic E-state index is 0.0502. The van der Waals surface area contributed by atoms with E-state index in [2.05, 4.69) is 26.0 Å². The smallest absolute Gasteiger partial charge is 0.0689 e. The molecule has 0 aromatic rings. The predicted molar refractivity (Wildman–Crippen MR) is 128 cm³/mol. The largest absolute Gasteiger partial charge is 0.393 e. The number of aliphatic hydroxyl groups is 1. The van der Waals surface area contributed by atoms with E-state index < -0.39 is 0 Å². The molecule has 0 aliphatic heterocycles. The van der Waals surface area contributed by atoms with Crippen molar-refractivity contribution < 1.29 is 5.11 Å². The molecule has 2 heteroatoms. The first kappa shape index (κ1) is 23.4. The lowest BCUT2D eigenvalue weighted by Gasteiger charge is -2.56. The first-order valence-corrected chi connectivity index (χ1v) is 13.7. The van der Waals surface area contributed by atoms with Crippen LogP contribution in [0.2, 0.25) is 0 Å². The highest BCUT2D eigenvalue weighted by Gasteiger charge is 2.56. The van der Waals surface area contributed by atoms with Crippen LogP contribution >= 0.6 is 0 Å². The molecule has 4 fully saturated rings. The van der Waals surface area contributed by atoms with Crippen LogP contribution in [0.3, 0.4) is 0 Å². The van der Waals surface area contributed by atoms with Crippen LogP contribution in [0.15, 0.2) is 11.6 Å². The molecule has 5 rings (SSSR count). The van der Waals surface area contributed by atoms with Crippen molar-refractivity contribution in [1.29, 1.82) is 5.26 Å². The third kappa shape index (κ3) is 4.03. The standard InChI is InChI=1S/C27H41NO.C2H6/c1-25-14-11-24-22(8-6-20-17-21(29)10-13-26(20,24)2)23(25)9-7-19(25)5-3-4-12-27(18-28)15-16-27;1-2/h11,19-23,29H,3-10,12-17H2,1-2H3;1-2H3. The Morgan fingerprint density at radius 1 is 1.03 bits per heavy atom. The molecule has 0 bridgehead atoms. The van der Waals surface area contributed by atoms with Gasteiger partial charge < -0.3 is 5.11 Å². The summed E-state index contributed by atoms with van der Waals surface area (Å²) in [5.41, 5.74) is 2.79. The highest BCUT2D eigenvalue weighted by molar-refractivity contribution is 5.29. The van der Waals surface area contributed by atoms with Crippen LogP contribution in [0.25, 0.3) is 0 Å². The Labute approximate surface area is 191 Å². The molecule has 0 saturated heterocycles. The van der Waals surface area contributed by atoms with Crippen LogP contribution < -0.4 is 0 Å². The number of allylic oxidation sites excluding steroid dienone is 2.